The minimum absolute atomic E-state index is 0.300. The number of ether oxygens (including phenoxy) is 2. The molecule has 0 fully saturated rings. The number of hydrogen-bond acceptors (Lipinski definition) is 6. The van der Waals surface area contributed by atoms with Gasteiger partial charge in [-0.1, -0.05) is 23.5 Å². The summed E-state index contributed by atoms with van der Waals surface area (Å²) in [5.41, 5.74) is 1.97. The predicted octanol–water partition coefficient (Wildman–Crippen LogP) is 2.82. The molecule has 0 saturated carbocycles. The quantitative estimate of drug-likeness (QED) is 0.678. The van der Waals surface area contributed by atoms with Crippen LogP contribution in [0, 0.1) is 3.95 Å². The monoisotopic (exact) mass is 279 g/mol. The normalized spacial score (nSPS) is 14.4. The third kappa shape index (κ3) is 2.33. The standard InChI is InChI=1S/C11H9N3O2S2/c17-11-14-13-10(18-11)12-4-7-2-1-3-9-8(7)5-15-6-16-9/h1-4H,5-6H2,(H,14,17). The lowest BCUT2D eigenvalue weighted by Gasteiger charge is -2.18. The molecule has 0 radical (unpaired) electrons. The Hall–Kier alpha value is -1.57. The molecule has 5 nitrogen and oxygen atoms in total. The van der Waals surface area contributed by atoms with Crippen LogP contribution in [0.3, 0.4) is 0 Å². The molecule has 0 aliphatic carbocycles. The molecule has 0 bridgehead atoms. The number of aromatic nitrogens is 2. The van der Waals surface area contributed by atoms with E-state index in [1.807, 2.05) is 18.2 Å². The molecule has 0 unspecified atom stereocenters. The summed E-state index contributed by atoms with van der Waals surface area (Å²) in [5, 5.41) is 7.27. The molecule has 92 valence electrons. The maximum atomic E-state index is 5.40. The summed E-state index contributed by atoms with van der Waals surface area (Å²) in [6.07, 6.45) is 1.75. The summed E-state index contributed by atoms with van der Waals surface area (Å²) in [6.45, 7) is 0.835. The van der Waals surface area contributed by atoms with Gasteiger partial charge >= 0.3 is 0 Å². The highest BCUT2D eigenvalue weighted by molar-refractivity contribution is 7.73. The summed E-state index contributed by atoms with van der Waals surface area (Å²) in [4.78, 5) is 4.28. The van der Waals surface area contributed by atoms with E-state index in [4.69, 9.17) is 21.7 Å². The highest BCUT2D eigenvalue weighted by Gasteiger charge is 2.13. The Bertz CT molecular complexity index is 648. The molecule has 1 aliphatic rings. The number of rotatable bonds is 2. The smallest absolute Gasteiger partial charge is 0.230 e. The first-order chi connectivity index (χ1) is 8.83. The van der Waals surface area contributed by atoms with Crippen molar-refractivity contribution in [3.8, 4) is 5.75 Å². The number of aromatic amines is 1. The van der Waals surface area contributed by atoms with Crippen LogP contribution >= 0.6 is 23.6 Å². The van der Waals surface area contributed by atoms with Crippen LogP contribution in [-0.2, 0) is 11.3 Å². The van der Waals surface area contributed by atoms with E-state index in [2.05, 4.69) is 15.2 Å². The molecule has 2 heterocycles. The number of nitrogens with one attached hydrogen (secondary N) is 1. The van der Waals surface area contributed by atoms with E-state index in [1.165, 1.54) is 11.3 Å². The molecule has 2 aromatic rings. The van der Waals surface area contributed by atoms with Gasteiger partial charge in [-0.2, -0.15) is 0 Å². The van der Waals surface area contributed by atoms with Crippen molar-refractivity contribution in [1.29, 1.82) is 0 Å². The number of benzene rings is 1. The van der Waals surface area contributed by atoms with E-state index in [-0.39, 0.29) is 0 Å². The fraction of sp³-hybridized carbons (Fsp3) is 0.182. The molecule has 7 heteroatoms. The van der Waals surface area contributed by atoms with E-state index in [0.29, 0.717) is 22.5 Å². The lowest BCUT2D eigenvalue weighted by molar-refractivity contribution is -0.0164. The highest BCUT2D eigenvalue weighted by atomic mass is 32.1. The van der Waals surface area contributed by atoms with Crippen molar-refractivity contribution in [2.75, 3.05) is 6.79 Å². The molecular weight excluding hydrogens is 270 g/mol. The third-order valence-corrected chi connectivity index (χ3v) is 3.45. The van der Waals surface area contributed by atoms with Crippen LogP contribution in [0.15, 0.2) is 23.2 Å². The topological polar surface area (TPSA) is 59.5 Å². The van der Waals surface area contributed by atoms with E-state index in [9.17, 15) is 0 Å². The zero-order chi connectivity index (χ0) is 12.4. The van der Waals surface area contributed by atoms with E-state index < -0.39 is 0 Å². The van der Waals surface area contributed by atoms with Gasteiger partial charge in [-0.05, 0) is 18.3 Å². The van der Waals surface area contributed by atoms with Crippen molar-refractivity contribution in [2.24, 2.45) is 4.99 Å². The Morgan fingerprint density at radius 1 is 1.50 bits per heavy atom. The average molecular weight is 279 g/mol. The lowest BCUT2D eigenvalue weighted by Crippen LogP contribution is -2.12. The summed E-state index contributed by atoms with van der Waals surface area (Å²) in [7, 11) is 0. The molecule has 3 rings (SSSR count). The van der Waals surface area contributed by atoms with Crippen molar-refractivity contribution in [1.82, 2.24) is 10.2 Å². The predicted molar refractivity (Wildman–Crippen MR) is 71.3 cm³/mol. The molecule has 0 spiro atoms. The lowest BCUT2D eigenvalue weighted by atomic mass is 10.1. The van der Waals surface area contributed by atoms with Crippen LogP contribution in [-0.4, -0.2) is 23.2 Å². The van der Waals surface area contributed by atoms with Gasteiger partial charge in [0.1, 0.15) is 5.75 Å². The van der Waals surface area contributed by atoms with Gasteiger partial charge in [-0.3, -0.25) is 5.10 Å². The molecule has 18 heavy (non-hydrogen) atoms. The van der Waals surface area contributed by atoms with Crippen LogP contribution < -0.4 is 4.74 Å². The zero-order valence-corrected chi connectivity index (χ0v) is 10.9. The van der Waals surface area contributed by atoms with E-state index in [0.717, 1.165) is 16.9 Å². The van der Waals surface area contributed by atoms with Crippen LogP contribution in [0.2, 0.25) is 0 Å². The largest absolute Gasteiger partial charge is 0.467 e. The molecule has 1 N–H and O–H groups in total. The van der Waals surface area contributed by atoms with Gasteiger partial charge in [0.05, 0.1) is 6.61 Å². The molecular formula is C11H9N3O2S2. The van der Waals surface area contributed by atoms with E-state index in [1.54, 1.807) is 6.21 Å². The second-order valence-electron chi connectivity index (χ2n) is 3.59. The van der Waals surface area contributed by atoms with Crippen molar-refractivity contribution in [3.05, 3.63) is 33.3 Å². The fourth-order valence-corrected chi connectivity index (χ4v) is 2.37. The number of aliphatic imine (C=N–C) groups is 1. The number of nitrogens with zero attached hydrogens (tertiary/aromatic N) is 2. The minimum Gasteiger partial charge on any atom is -0.467 e. The molecule has 0 saturated heterocycles. The van der Waals surface area contributed by atoms with Crippen molar-refractivity contribution in [2.45, 2.75) is 6.61 Å². The van der Waals surface area contributed by atoms with Crippen molar-refractivity contribution < 1.29 is 9.47 Å². The van der Waals surface area contributed by atoms with Gasteiger partial charge in [0.25, 0.3) is 0 Å². The summed E-state index contributed by atoms with van der Waals surface area (Å²) in [5.74, 6) is 0.847. The van der Waals surface area contributed by atoms with Crippen LogP contribution in [0.1, 0.15) is 11.1 Å². The number of fused-ring (bicyclic) bond motifs is 1. The van der Waals surface area contributed by atoms with Gasteiger partial charge in [0.15, 0.2) is 10.7 Å². The first-order valence-corrected chi connectivity index (χ1v) is 6.47. The first-order valence-electron chi connectivity index (χ1n) is 5.25. The van der Waals surface area contributed by atoms with E-state index >= 15 is 0 Å². The average Bonchev–Trinajstić information content (AvgIpc) is 2.82. The Labute approximate surface area is 112 Å². The summed E-state index contributed by atoms with van der Waals surface area (Å²) < 4.78 is 11.3. The Morgan fingerprint density at radius 3 is 3.28 bits per heavy atom. The first kappa shape index (κ1) is 11.5. The second kappa shape index (κ2) is 4.97. The molecule has 1 aromatic heterocycles. The molecule has 0 amide bonds. The number of hydrogen-bond donors (Lipinski definition) is 1. The van der Waals surface area contributed by atoms with Crippen molar-refractivity contribution >= 4 is 34.9 Å². The summed E-state index contributed by atoms with van der Waals surface area (Å²) in [6, 6.07) is 5.82. The van der Waals surface area contributed by atoms with Crippen molar-refractivity contribution in [3.63, 3.8) is 0 Å². The van der Waals surface area contributed by atoms with Gasteiger partial charge in [0.2, 0.25) is 5.13 Å². The summed E-state index contributed by atoms with van der Waals surface area (Å²) >= 11 is 6.28. The Balaban J connectivity index is 1.93. The van der Waals surface area contributed by atoms with Gasteiger partial charge in [-0.15, -0.1) is 5.10 Å². The van der Waals surface area contributed by atoms with Crippen LogP contribution in [0.5, 0.6) is 5.75 Å². The zero-order valence-electron chi connectivity index (χ0n) is 9.25. The van der Waals surface area contributed by atoms with Crippen LogP contribution in [0.4, 0.5) is 5.13 Å². The maximum absolute atomic E-state index is 5.40. The molecule has 1 aromatic carbocycles. The SMILES string of the molecule is S=c1[nH]nc(N=Cc2cccc3c2COCO3)s1. The fourth-order valence-electron chi connectivity index (χ4n) is 1.64. The Kier molecular flexibility index (Phi) is 3.18. The molecule has 0 atom stereocenters. The highest BCUT2D eigenvalue weighted by Crippen LogP contribution is 2.26. The van der Waals surface area contributed by atoms with Crippen LogP contribution in [0.25, 0.3) is 0 Å². The van der Waals surface area contributed by atoms with Gasteiger partial charge in [-0.25, -0.2) is 4.99 Å². The number of H-pyrrole nitrogens is 1. The Morgan fingerprint density at radius 2 is 2.44 bits per heavy atom. The van der Waals surface area contributed by atoms with Gasteiger partial charge < -0.3 is 9.47 Å². The maximum Gasteiger partial charge on any atom is 0.230 e. The van der Waals surface area contributed by atoms with Gasteiger partial charge in [0, 0.05) is 17.3 Å². The second-order valence-corrected chi connectivity index (χ2v) is 5.23. The third-order valence-electron chi connectivity index (χ3n) is 2.45. The molecule has 1 aliphatic heterocycles. The minimum atomic E-state index is 0.300.